The molecule has 2 fully saturated rings. The highest BCUT2D eigenvalue weighted by Crippen LogP contribution is 2.33. The first kappa shape index (κ1) is 11.4. The van der Waals surface area contributed by atoms with Crippen LogP contribution in [0.5, 0.6) is 0 Å². The fourth-order valence-corrected chi connectivity index (χ4v) is 3.17. The van der Waals surface area contributed by atoms with Crippen molar-refractivity contribution >= 4 is 0 Å². The molecule has 0 aromatic carbocycles. The number of nitrogens with two attached hydrogens (primary N) is 1. The molecule has 1 saturated heterocycles. The van der Waals surface area contributed by atoms with Crippen LogP contribution < -0.4 is 11.3 Å². The van der Waals surface area contributed by atoms with E-state index in [1.165, 1.54) is 38.5 Å². The normalized spacial score (nSPS) is 35.6. The van der Waals surface area contributed by atoms with Crippen molar-refractivity contribution in [1.29, 1.82) is 0 Å². The number of hydrogen-bond donors (Lipinski definition) is 2. The molecule has 15 heavy (non-hydrogen) atoms. The zero-order valence-corrected chi connectivity index (χ0v) is 9.74. The van der Waals surface area contributed by atoms with Gasteiger partial charge in [0.2, 0.25) is 0 Å². The largest absolute Gasteiger partial charge is 0.376 e. The number of rotatable bonds is 3. The third kappa shape index (κ3) is 2.52. The molecule has 3 heteroatoms. The Morgan fingerprint density at radius 3 is 2.47 bits per heavy atom. The number of nitrogens with one attached hydrogen (secondary N) is 1. The number of ether oxygens (including phenoxy) is 1. The second-order valence-corrected chi connectivity index (χ2v) is 5.19. The van der Waals surface area contributed by atoms with E-state index in [1.807, 2.05) is 0 Å². The number of hydrazine groups is 1. The Balaban J connectivity index is 1.95. The molecule has 2 rings (SSSR count). The SMILES string of the molecule is CC1CCOC1C(NN)C1CCCCC1. The Morgan fingerprint density at radius 2 is 1.93 bits per heavy atom. The smallest absolute Gasteiger partial charge is 0.0770 e. The van der Waals surface area contributed by atoms with Gasteiger partial charge in [-0.05, 0) is 31.1 Å². The minimum atomic E-state index is 0.345. The first-order chi connectivity index (χ1) is 7.33. The summed E-state index contributed by atoms with van der Waals surface area (Å²) in [6.45, 7) is 3.20. The monoisotopic (exact) mass is 212 g/mol. The standard InChI is InChI=1S/C12H24N2O/c1-9-7-8-15-12(9)11(14-13)10-5-3-2-4-6-10/h9-12,14H,2-8,13H2,1H3. The van der Waals surface area contributed by atoms with Crippen LogP contribution in [-0.2, 0) is 4.74 Å². The van der Waals surface area contributed by atoms with E-state index in [-0.39, 0.29) is 0 Å². The van der Waals surface area contributed by atoms with Gasteiger partial charge in [0.1, 0.15) is 0 Å². The first-order valence-corrected chi connectivity index (χ1v) is 6.40. The van der Waals surface area contributed by atoms with Crippen LogP contribution in [0, 0.1) is 11.8 Å². The molecule has 1 heterocycles. The molecule has 1 saturated carbocycles. The molecule has 3 nitrogen and oxygen atoms in total. The maximum absolute atomic E-state index is 5.83. The van der Waals surface area contributed by atoms with Crippen LogP contribution in [0.25, 0.3) is 0 Å². The predicted molar refractivity (Wildman–Crippen MR) is 61.2 cm³/mol. The van der Waals surface area contributed by atoms with E-state index in [4.69, 9.17) is 10.6 Å². The second-order valence-electron chi connectivity index (χ2n) is 5.19. The molecule has 0 aromatic heterocycles. The zero-order chi connectivity index (χ0) is 10.7. The fraction of sp³-hybridized carbons (Fsp3) is 1.00. The van der Waals surface area contributed by atoms with E-state index >= 15 is 0 Å². The lowest BCUT2D eigenvalue weighted by Gasteiger charge is -2.34. The van der Waals surface area contributed by atoms with Crippen LogP contribution in [-0.4, -0.2) is 18.8 Å². The van der Waals surface area contributed by atoms with Crippen molar-refractivity contribution in [2.24, 2.45) is 17.7 Å². The highest BCUT2D eigenvalue weighted by molar-refractivity contribution is 4.89. The Labute approximate surface area is 92.7 Å². The minimum absolute atomic E-state index is 0.345. The molecule has 3 unspecified atom stereocenters. The molecule has 0 amide bonds. The Kier molecular flexibility index (Phi) is 4.00. The fourth-order valence-electron chi connectivity index (χ4n) is 3.17. The van der Waals surface area contributed by atoms with Crippen molar-refractivity contribution in [3.63, 3.8) is 0 Å². The molecule has 1 aliphatic heterocycles. The molecule has 0 bridgehead atoms. The topological polar surface area (TPSA) is 47.3 Å². The maximum Gasteiger partial charge on any atom is 0.0770 e. The van der Waals surface area contributed by atoms with Crippen molar-refractivity contribution in [1.82, 2.24) is 5.43 Å². The summed E-state index contributed by atoms with van der Waals surface area (Å²) in [5, 5.41) is 0. The van der Waals surface area contributed by atoms with Crippen molar-refractivity contribution in [2.75, 3.05) is 6.61 Å². The summed E-state index contributed by atoms with van der Waals surface area (Å²) >= 11 is 0. The molecule has 88 valence electrons. The van der Waals surface area contributed by atoms with E-state index in [9.17, 15) is 0 Å². The summed E-state index contributed by atoms with van der Waals surface area (Å²) < 4.78 is 5.83. The van der Waals surface area contributed by atoms with Crippen molar-refractivity contribution in [2.45, 2.75) is 57.6 Å². The van der Waals surface area contributed by atoms with Gasteiger partial charge in [0.05, 0.1) is 12.1 Å². The van der Waals surface area contributed by atoms with Crippen LogP contribution in [0.1, 0.15) is 45.4 Å². The predicted octanol–water partition coefficient (Wildman–Crippen LogP) is 1.82. The van der Waals surface area contributed by atoms with Crippen LogP contribution in [0.15, 0.2) is 0 Å². The Morgan fingerprint density at radius 1 is 1.20 bits per heavy atom. The van der Waals surface area contributed by atoms with Gasteiger partial charge >= 0.3 is 0 Å². The second kappa shape index (κ2) is 5.28. The van der Waals surface area contributed by atoms with E-state index < -0.39 is 0 Å². The third-order valence-corrected chi connectivity index (χ3v) is 4.15. The summed E-state index contributed by atoms with van der Waals surface area (Å²) in [6.07, 6.45) is 8.31. The minimum Gasteiger partial charge on any atom is -0.376 e. The van der Waals surface area contributed by atoms with E-state index in [2.05, 4.69) is 12.3 Å². The quantitative estimate of drug-likeness (QED) is 0.554. The average molecular weight is 212 g/mol. The molecule has 0 radical (unpaired) electrons. The van der Waals surface area contributed by atoms with E-state index in [0.717, 1.165) is 12.5 Å². The van der Waals surface area contributed by atoms with E-state index in [1.54, 1.807) is 0 Å². The van der Waals surface area contributed by atoms with Gasteiger partial charge in [-0.1, -0.05) is 26.2 Å². The zero-order valence-electron chi connectivity index (χ0n) is 9.74. The van der Waals surface area contributed by atoms with Gasteiger partial charge in [-0.25, -0.2) is 0 Å². The lowest BCUT2D eigenvalue weighted by Crippen LogP contribution is -2.51. The Hall–Kier alpha value is -0.120. The molecule has 0 spiro atoms. The van der Waals surface area contributed by atoms with Gasteiger partial charge < -0.3 is 4.74 Å². The van der Waals surface area contributed by atoms with Crippen LogP contribution in [0.2, 0.25) is 0 Å². The van der Waals surface area contributed by atoms with E-state index in [0.29, 0.717) is 18.1 Å². The highest BCUT2D eigenvalue weighted by Gasteiger charge is 2.36. The summed E-state index contributed by atoms with van der Waals surface area (Å²) in [7, 11) is 0. The molecule has 3 atom stereocenters. The summed E-state index contributed by atoms with van der Waals surface area (Å²) in [6, 6.07) is 0.378. The molecule has 1 aliphatic carbocycles. The average Bonchev–Trinajstić information content (AvgIpc) is 2.68. The van der Waals surface area contributed by atoms with Gasteiger partial charge in [-0.2, -0.15) is 0 Å². The summed E-state index contributed by atoms with van der Waals surface area (Å²) in [5.74, 6) is 7.11. The summed E-state index contributed by atoms with van der Waals surface area (Å²) in [4.78, 5) is 0. The summed E-state index contributed by atoms with van der Waals surface area (Å²) in [5.41, 5.74) is 3.02. The lowest BCUT2D eigenvalue weighted by molar-refractivity contribution is 0.0333. The van der Waals surface area contributed by atoms with Crippen LogP contribution in [0.4, 0.5) is 0 Å². The highest BCUT2D eigenvalue weighted by atomic mass is 16.5. The van der Waals surface area contributed by atoms with Gasteiger partial charge in [0, 0.05) is 6.61 Å². The molecule has 0 aromatic rings. The third-order valence-electron chi connectivity index (χ3n) is 4.15. The van der Waals surface area contributed by atoms with Gasteiger partial charge in [0.15, 0.2) is 0 Å². The first-order valence-electron chi connectivity index (χ1n) is 6.40. The Bertz CT molecular complexity index is 192. The van der Waals surface area contributed by atoms with Gasteiger partial charge in [-0.15, -0.1) is 0 Å². The van der Waals surface area contributed by atoms with Crippen LogP contribution >= 0.6 is 0 Å². The van der Waals surface area contributed by atoms with Gasteiger partial charge in [-0.3, -0.25) is 11.3 Å². The lowest BCUT2D eigenvalue weighted by atomic mass is 9.79. The molecular weight excluding hydrogens is 188 g/mol. The molecular formula is C12H24N2O. The van der Waals surface area contributed by atoms with Crippen molar-refractivity contribution < 1.29 is 4.74 Å². The van der Waals surface area contributed by atoms with Crippen molar-refractivity contribution in [3.8, 4) is 0 Å². The maximum atomic E-state index is 5.83. The van der Waals surface area contributed by atoms with Crippen LogP contribution in [0.3, 0.4) is 0 Å². The number of hydrogen-bond acceptors (Lipinski definition) is 3. The van der Waals surface area contributed by atoms with Crippen molar-refractivity contribution in [3.05, 3.63) is 0 Å². The van der Waals surface area contributed by atoms with Gasteiger partial charge in [0.25, 0.3) is 0 Å². The molecule has 2 aliphatic rings. The molecule has 3 N–H and O–H groups in total.